The van der Waals surface area contributed by atoms with Gasteiger partial charge in [-0.05, 0) is 61.1 Å². The molecule has 0 aliphatic rings. The molecule has 4 aromatic carbocycles. The minimum atomic E-state index is 0.0839. The molecule has 0 aliphatic heterocycles. The van der Waals surface area contributed by atoms with Crippen molar-refractivity contribution in [3.63, 3.8) is 0 Å². The van der Waals surface area contributed by atoms with E-state index in [9.17, 15) is 0 Å². The van der Waals surface area contributed by atoms with Crippen molar-refractivity contribution in [3.8, 4) is 44.8 Å². The molecule has 0 radical (unpaired) electrons. The van der Waals surface area contributed by atoms with Crippen LogP contribution in [-0.4, -0.2) is 4.98 Å². The molecule has 5 rings (SSSR count). The fourth-order valence-electron chi connectivity index (χ4n) is 5.95. The molecule has 1 heterocycles. The van der Waals surface area contributed by atoms with Crippen molar-refractivity contribution >= 4 is 0 Å². The molecule has 5 aromatic rings. The fourth-order valence-corrected chi connectivity index (χ4v) is 5.95. The number of nitrogens with zero attached hydrogens (tertiary/aromatic N) is 1. The van der Waals surface area contributed by atoms with Gasteiger partial charge in [-0.3, -0.25) is 0 Å². The van der Waals surface area contributed by atoms with Gasteiger partial charge in [-0.25, -0.2) is 4.98 Å². The fraction of sp³-hybridized carbons (Fsp3) is 0.356. The largest absolute Gasteiger partial charge is 0.246 e. The van der Waals surface area contributed by atoms with E-state index < -0.39 is 0 Å². The van der Waals surface area contributed by atoms with Crippen molar-refractivity contribution in [3.05, 3.63) is 125 Å². The van der Waals surface area contributed by atoms with Gasteiger partial charge in [0.2, 0.25) is 0 Å². The molecular weight excluding hydrogens is 555 g/mol. The van der Waals surface area contributed by atoms with Crippen LogP contribution in [0.5, 0.6) is 0 Å². The van der Waals surface area contributed by atoms with Crippen molar-refractivity contribution in [1.29, 1.82) is 0 Å². The molecule has 0 spiro atoms. The van der Waals surface area contributed by atoms with Crippen LogP contribution in [0.15, 0.2) is 103 Å². The summed E-state index contributed by atoms with van der Waals surface area (Å²) in [5.41, 5.74) is 14.6. The summed E-state index contributed by atoms with van der Waals surface area (Å²) in [7, 11) is 0. The molecule has 1 aromatic heterocycles. The van der Waals surface area contributed by atoms with Crippen LogP contribution in [0.25, 0.3) is 44.8 Å². The van der Waals surface area contributed by atoms with Gasteiger partial charge in [-0.1, -0.05) is 180 Å². The third-order valence-corrected chi connectivity index (χ3v) is 9.20. The van der Waals surface area contributed by atoms with Crippen molar-refractivity contribution < 1.29 is 0 Å². The summed E-state index contributed by atoms with van der Waals surface area (Å²) in [6, 6.07) is 38.6. The van der Waals surface area contributed by atoms with E-state index in [1.54, 1.807) is 0 Å². The van der Waals surface area contributed by atoms with Crippen molar-refractivity contribution in [1.82, 2.24) is 4.98 Å². The molecular formula is C45H53N. The predicted molar refractivity (Wildman–Crippen MR) is 201 cm³/mol. The van der Waals surface area contributed by atoms with Gasteiger partial charge in [-0.2, -0.15) is 0 Å². The maximum Gasteiger partial charge on any atom is 0.0788 e. The third kappa shape index (κ3) is 7.20. The Morgan fingerprint density at radius 3 is 0.739 bits per heavy atom. The van der Waals surface area contributed by atoms with Gasteiger partial charge < -0.3 is 0 Å². The van der Waals surface area contributed by atoms with Gasteiger partial charge in [0.1, 0.15) is 0 Å². The molecule has 0 N–H and O–H groups in total. The highest BCUT2D eigenvalue weighted by atomic mass is 14.7. The summed E-state index contributed by atoms with van der Waals surface area (Å²) in [6.07, 6.45) is 0. The first-order valence-corrected chi connectivity index (χ1v) is 16.8. The van der Waals surface area contributed by atoms with Gasteiger partial charge in [0.05, 0.1) is 11.4 Å². The van der Waals surface area contributed by atoms with Crippen LogP contribution in [0.1, 0.15) is 105 Å². The molecule has 46 heavy (non-hydrogen) atoms. The number of aromatic nitrogens is 1. The summed E-state index contributed by atoms with van der Waals surface area (Å²) in [4.78, 5) is 5.59. The summed E-state index contributed by atoms with van der Waals surface area (Å²) in [5, 5.41) is 0. The predicted octanol–water partition coefficient (Wildman–Crippen LogP) is 12.9. The molecule has 0 aliphatic carbocycles. The lowest BCUT2D eigenvalue weighted by atomic mass is 9.83. The van der Waals surface area contributed by atoms with Crippen molar-refractivity contribution in [2.45, 2.75) is 105 Å². The monoisotopic (exact) mass is 607 g/mol. The Labute approximate surface area is 279 Å². The van der Waals surface area contributed by atoms with Crippen LogP contribution < -0.4 is 0 Å². The van der Waals surface area contributed by atoms with Crippen LogP contribution in [0.2, 0.25) is 0 Å². The Hall–Kier alpha value is -3.97. The summed E-state index contributed by atoms with van der Waals surface area (Å²) >= 11 is 0. The molecule has 0 fully saturated rings. The van der Waals surface area contributed by atoms with Gasteiger partial charge in [0, 0.05) is 22.3 Å². The SMILES string of the molecule is CC(C)(C)c1ccc(-c2cc(-c3ccc(C(C)(C)C)cc3)c(-c3ccc(C(C)(C)C)cc3)nc2-c2ccc(C(C)(C)C)cc2)cc1. The number of hydrogen-bond acceptors (Lipinski definition) is 1. The van der Waals surface area contributed by atoms with E-state index in [1.165, 1.54) is 33.4 Å². The smallest absolute Gasteiger partial charge is 0.0788 e. The van der Waals surface area contributed by atoms with Crippen LogP contribution >= 0.6 is 0 Å². The molecule has 0 bridgehead atoms. The zero-order valence-corrected chi connectivity index (χ0v) is 30.3. The first-order chi connectivity index (χ1) is 21.3. The topological polar surface area (TPSA) is 12.9 Å². The van der Waals surface area contributed by atoms with Gasteiger partial charge in [-0.15, -0.1) is 0 Å². The van der Waals surface area contributed by atoms with E-state index >= 15 is 0 Å². The number of rotatable bonds is 4. The summed E-state index contributed by atoms with van der Waals surface area (Å²) in [6.45, 7) is 27.2. The van der Waals surface area contributed by atoms with Crippen LogP contribution in [0, 0.1) is 0 Å². The van der Waals surface area contributed by atoms with E-state index in [2.05, 4.69) is 186 Å². The van der Waals surface area contributed by atoms with Gasteiger partial charge in [0.25, 0.3) is 0 Å². The second-order valence-corrected chi connectivity index (χ2v) is 17.1. The molecule has 1 heteroatoms. The lowest BCUT2D eigenvalue weighted by Crippen LogP contribution is -2.11. The number of hydrogen-bond donors (Lipinski definition) is 0. The molecule has 0 amide bonds. The number of benzene rings is 4. The maximum atomic E-state index is 5.59. The summed E-state index contributed by atoms with van der Waals surface area (Å²) in [5.74, 6) is 0. The third-order valence-electron chi connectivity index (χ3n) is 9.20. The van der Waals surface area contributed by atoms with Gasteiger partial charge >= 0.3 is 0 Å². The quantitative estimate of drug-likeness (QED) is 0.198. The second kappa shape index (κ2) is 12.0. The average molecular weight is 608 g/mol. The van der Waals surface area contributed by atoms with E-state index in [-0.39, 0.29) is 21.7 Å². The number of pyridine rings is 1. The molecule has 0 saturated heterocycles. The van der Waals surface area contributed by atoms with E-state index in [0.717, 1.165) is 33.6 Å². The van der Waals surface area contributed by atoms with E-state index in [1.807, 2.05) is 0 Å². The Bertz CT molecular complexity index is 1520. The minimum absolute atomic E-state index is 0.0839. The van der Waals surface area contributed by atoms with E-state index in [0.29, 0.717) is 0 Å². The van der Waals surface area contributed by atoms with Crippen molar-refractivity contribution in [2.75, 3.05) is 0 Å². The highest BCUT2D eigenvalue weighted by Crippen LogP contribution is 2.41. The average Bonchev–Trinajstić information content (AvgIpc) is 2.99. The minimum Gasteiger partial charge on any atom is -0.246 e. The Balaban J connectivity index is 1.79. The highest BCUT2D eigenvalue weighted by molar-refractivity contribution is 5.91. The van der Waals surface area contributed by atoms with Crippen LogP contribution in [0.4, 0.5) is 0 Å². The highest BCUT2D eigenvalue weighted by Gasteiger charge is 2.22. The molecule has 238 valence electrons. The van der Waals surface area contributed by atoms with E-state index in [4.69, 9.17) is 4.98 Å². The second-order valence-electron chi connectivity index (χ2n) is 17.1. The Morgan fingerprint density at radius 1 is 0.304 bits per heavy atom. The van der Waals surface area contributed by atoms with Crippen molar-refractivity contribution in [2.24, 2.45) is 0 Å². The first-order valence-electron chi connectivity index (χ1n) is 16.8. The summed E-state index contributed by atoms with van der Waals surface area (Å²) < 4.78 is 0. The zero-order valence-electron chi connectivity index (χ0n) is 30.3. The standard InChI is InChI=1S/C45H53N/c1-42(2,3)34-21-13-30(14-22-34)38-29-39(31-15-23-35(24-16-31)43(4,5)6)41(33-19-27-37(28-20-33)45(10,11)12)46-40(38)32-17-25-36(26-18-32)44(7,8)9/h13-29H,1-12H3. The maximum absolute atomic E-state index is 5.59. The normalized spacial score (nSPS) is 12.8. The molecule has 0 unspecified atom stereocenters. The molecule has 0 atom stereocenters. The lowest BCUT2D eigenvalue weighted by molar-refractivity contribution is 0.590. The van der Waals surface area contributed by atoms with Crippen LogP contribution in [0.3, 0.4) is 0 Å². The molecule has 1 nitrogen and oxygen atoms in total. The Morgan fingerprint density at radius 2 is 0.522 bits per heavy atom. The molecule has 0 saturated carbocycles. The van der Waals surface area contributed by atoms with Crippen LogP contribution in [-0.2, 0) is 21.7 Å². The Kier molecular flexibility index (Phi) is 8.71. The van der Waals surface area contributed by atoms with Gasteiger partial charge in [0.15, 0.2) is 0 Å². The first kappa shape index (κ1) is 33.4. The zero-order chi connectivity index (χ0) is 33.7. The lowest BCUT2D eigenvalue weighted by Gasteiger charge is -2.23.